The first-order valence-electron chi connectivity index (χ1n) is 10.1. The Labute approximate surface area is 183 Å². The fourth-order valence-electron chi connectivity index (χ4n) is 3.54. The fourth-order valence-corrected chi connectivity index (χ4v) is 4.48. The minimum atomic E-state index is -0.00265. The number of pyridine rings is 1. The maximum absolute atomic E-state index is 12.9. The van der Waals surface area contributed by atoms with Crippen molar-refractivity contribution >= 4 is 44.9 Å². The van der Waals surface area contributed by atoms with Crippen LogP contribution in [0.1, 0.15) is 15.5 Å². The van der Waals surface area contributed by atoms with Gasteiger partial charge in [0, 0.05) is 31.9 Å². The lowest BCUT2D eigenvalue weighted by Gasteiger charge is -2.34. The maximum atomic E-state index is 12.9. The van der Waals surface area contributed by atoms with Gasteiger partial charge in [-0.15, -0.1) is 21.5 Å². The van der Waals surface area contributed by atoms with Crippen LogP contribution in [-0.4, -0.2) is 57.2 Å². The second kappa shape index (κ2) is 8.27. The molecule has 1 aliphatic rings. The van der Waals surface area contributed by atoms with Crippen molar-refractivity contribution in [3.63, 3.8) is 0 Å². The van der Waals surface area contributed by atoms with Gasteiger partial charge in [-0.3, -0.25) is 4.79 Å². The molecule has 1 amide bonds. The van der Waals surface area contributed by atoms with Gasteiger partial charge in [-0.05, 0) is 43.3 Å². The Balaban J connectivity index is 1.20. The van der Waals surface area contributed by atoms with Crippen molar-refractivity contribution in [1.29, 1.82) is 0 Å². The minimum absolute atomic E-state index is 0.00265. The van der Waals surface area contributed by atoms with Gasteiger partial charge in [-0.25, -0.2) is 9.97 Å². The van der Waals surface area contributed by atoms with Gasteiger partial charge < -0.3 is 15.1 Å². The number of hydrogen-bond donors (Lipinski definition) is 1. The third kappa shape index (κ3) is 4.17. The van der Waals surface area contributed by atoms with Crippen molar-refractivity contribution in [2.75, 3.05) is 36.4 Å². The number of fused-ring (bicyclic) bond motifs is 1. The number of hydrogen-bond acceptors (Lipinski definition) is 8. The summed E-state index contributed by atoms with van der Waals surface area (Å²) in [5.74, 6) is 2.18. The Morgan fingerprint density at radius 3 is 2.48 bits per heavy atom. The highest BCUT2D eigenvalue weighted by atomic mass is 32.1. The summed E-state index contributed by atoms with van der Waals surface area (Å²) >= 11 is 1.45. The van der Waals surface area contributed by atoms with Gasteiger partial charge in [0.1, 0.15) is 5.82 Å². The van der Waals surface area contributed by atoms with Crippen LogP contribution < -0.4 is 10.2 Å². The SMILES string of the molecule is Cc1cccc(Nc2ccc(N3CCN(C(=O)c4nc5ccccc5s4)CC3)nn2)n1. The predicted molar refractivity (Wildman–Crippen MR) is 122 cm³/mol. The molecular weight excluding hydrogens is 410 g/mol. The normalized spacial score (nSPS) is 14.1. The van der Waals surface area contributed by atoms with Crippen molar-refractivity contribution < 1.29 is 4.79 Å². The highest BCUT2D eigenvalue weighted by Gasteiger charge is 2.25. The highest BCUT2D eigenvalue weighted by molar-refractivity contribution is 7.20. The molecule has 1 aromatic carbocycles. The van der Waals surface area contributed by atoms with E-state index in [4.69, 9.17) is 0 Å². The molecule has 1 saturated heterocycles. The van der Waals surface area contributed by atoms with Crippen LogP contribution in [0.2, 0.25) is 0 Å². The average molecular weight is 432 g/mol. The zero-order valence-corrected chi connectivity index (χ0v) is 17.8. The van der Waals surface area contributed by atoms with Crippen molar-refractivity contribution in [2.45, 2.75) is 6.92 Å². The number of rotatable bonds is 4. The molecule has 0 bridgehead atoms. The molecule has 0 saturated carbocycles. The summed E-state index contributed by atoms with van der Waals surface area (Å²) in [5, 5.41) is 12.3. The Morgan fingerprint density at radius 1 is 0.903 bits per heavy atom. The summed E-state index contributed by atoms with van der Waals surface area (Å²) in [6.07, 6.45) is 0. The number of para-hydroxylation sites is 1. The lowest BCUT2D eigenvalue weighted by Crippen LogP contribution is -2.49. The summed E-state index contributed by atoms with van der Waals surface area (Å²) in [7, 11) is 0. The van der Waals surface area contributed by atoms with E-state index in [0.29, 0.717) is 37.0 Å². The number of anilines is 3. The minimum Gasteiger partial charge on any atom is -0.352 e. The molecule has 1 fully saturated rings. The fraction of sp³-hybridized carbons (Fsp3) is 0.227. The van der Waals surface area contributed by atoms with Crippen LogP contribution in [0.3, 0.4) is 0 Å². The summed E-state index contributed by atoms with van der Waals surface area (Å²) in [6, 6.07) is 17.5. The van der Waals surface area contributed by atoms with E-state index in [1.165, 1.54) is 11.3 Å². The molecule has 4 heterocycles. The van der Waals surface area contributed by atoms with Gasteiger partial charge in [0.15, 0.2) is 16.6 Å². The van der Waals surface area contributed by atoms with Gasteiger partial charge in [0.2, 0.25) is 0 Å². The van der Waals surface area contributed by atoms with Gasteiger partial charge >= 0.3 is 0 Å². The maximum Gasteiger partial charge on any atom is 0.282 e. The Kier molecular flexibility index (Phi) is 5.17. The quantitative estimate of drug-likeness (QED) is 0.529. The lowest BCUT2D eigenvalue weighted by molar-refractivity contribution is 0.0746. The van der Waals surface area contributed by atoms with Gasteiger partial charge in [-0.1, -0.05) is 18.2 Å². The Bertz CT molecular complexity index is 1180. The molecule has 0 unspecified atom stereocenters. The second-order valence-electron chi connectivity index (χ2n) is 7.33. The summed E-state index contributed by atoms with van der Waals surface area (Å²) in [5.41, 5.74) is 1.81. The van der Waals surface area contributed by atoms with E-state index in [9.17, 15) is 4.79 Å². The largest absolute Gasteiger partial charge is 0.352 e. The Hall–Kier alpha value is -3.59. The molecule has 1 aliphatic heterocycles. The standard InChI is InChI=1S/C22H21N7OS/c1-15-5-4-8-18(23-15)25-19-9-10-20(27-26-19)28-11-13-29(14-12-28)22(30)21-24-16-6-2-3-7-17(16)31-21/h2-10H,11-14H2,1H3,(H,23,25,26). The number of amides is 1. The van der Waals surface area contributed by atoms with Crippen molar-refractivity contribution in [3.8, 4) is 0 Å². The molecule has 1 N–H and O–H groups in total. The molecule has 9 heteroatoms. The first kappa shape index (κ1) is 19.4. The molecule has 3 aromatic heterocycles. The molecule has 0 radical (unpaired) electrons. The van der Waals surface area contributed by atoms with E-state index < -0.39 is 0 Å². The number of nitrogens with zero attached hydrogens (tertiary/aromatic N) is 6. The van der Waals surface area contributed by atoms with E-state index in [1.807, 2.05) is 66.4 Å². The van der Waals surface area contributed by atoms with Crippen LogP contribution in [0.25, 0.3) is 10.2 Å². The zero-order chi connectivity index (χ0) is 21.2. The molecule has 0 spiro atoms. The number of aryl methyl sites for hydroxylation is 1. The van der Waals surface area contributed by atoms with Crippen molar-refractivity contribution in [3.05, 3.63) is 65.3 Å². The molecule has 5 rings (SSSR count). The predicted octanol–water partition coefficient (Wildman–Crippen LogP) is 3.50. The molecule has 8 nitrogen and oxygen atoms in total. The molecule has 156 valence electrons. The molecular formula is C22H21N7OS. The highest BCUT2D eigenvalue weighted by Crippen LogP contribution is 2.24. The lowest BCUT2D eigenvalue weighted by atomic mass is 10.3. The molecule has 0 atom stereocenters. The number of benzene rings is 1. The second-order valence-corrected chi connectivity index (χ2v) is 8.36. The summed E-state index contributed by atoms with van der Waals surface area (Å²) in [6.45, 7) is 4.61. The number of piperazine rings is 1. The van der Waals surface area contributed by atoms with E-state index >= 15 is 0 Å². The summed E-state index contributed by atoms with van der Waals surface area (Å²) in [4.78, 5) is 25.8. The smallest absolute Gasteiger partial charge is 0.282 e. The van der Waals surface area contributed by atoms with Crippen LogP contribution in [0.4, 0.5) is 17.5 Å². The van der Waals surface area contributed by atoms with E-state index in [2.05, 4.69) is 30.4 Å². The average Bonchev–Trinajstić information content (AvgIpc) is 3.24. The topological polar surface area (TPSA) is 87.1 Å². The van der Waals surface area contributed by atoms with Gasteiger partial charge in [0.05, 0.1) is 10.2 Å². The number of nitrogens with one attached hydrogen (secondary N) is 1. The van der Waals surface area contributed by atoms with Gasteiger partial charge in [-0.2, -0.15) is 0 Å². The van der Waals surface area contributed by atoms with Crippen LogP contribution in [0.15, 0.2) is 54.6 Å². The number of carbonyl (C=O) groups excluding carboxylic acids is 1. The first-order chi connectivity index (χ1) is 15.2. The third-order valence-electron chi connectivity index (χ3n) is 5.16. The molecule has 0 aliphatic carbocycles. The van der Waals surface area contributed by atoms with Crippen LogP contribution in [-0.2, 0) is 0 Å². The first-order valence-corrected chi connectivity index (χ1v) is 10.9. The number of aromatic nitrogens is 4. The van der Waals surface area contributed by atoms with Crippen LogP contribution in [0.5, 0.6) is 0 Å². The van der Waals surface area contributed by atoms with Crippen molar-refractivity contribution in [2.24, 2.45) is 0 Å². The number of carbonyl (C=O) groups is 1. The van der Waals surface area contributed by atoms with Gasteiger partial charge in [0.25, 0.3) is 5.91 Å². The molecule has 31 heavy (non-hydrogen) atoms. The van der Waals surface area contributed by atoms with E-state index in [0.717, 1.165) is 27.5 Å². The zero-order valence-electron chi connectivity index (χ0n) is 17.0. The van der Waals surface area contributed by atoms with Crippen LogP contribution in [0, 0.1) is 6.92 Å². The van der Waals surface area contributed by atoms with E-state index in [1.54, 1.807) is 0 Å². The summed E-state index contributed by atoms with van der Waals surface area (Å²) < 4.78 is 1.04. The number of thiazole rings is 1. The molecule has 4 aromatic rings. The monoisotopic (exact) mass is 431 g/mol. The van der Waals surface area contributed by atoms with E-state index in [-0.39, 0.29) is 5.91 Å². The van der Waals surface area contributed by atoms with Crippen molar-refractivity contribution in [1.82, 2.24) is 25.1 Å². The Morgan fingerprint density at radius 2 is 1.74 bits per heavy atom. The van der Waals surface area contributed by atoms with Crippen LogP contribution >= 0.6 is 11.3 Å². The third-order valence-corrected chi connectivity index (χ3v) is 6.19.